The number of carbonyl (C=O) groups excluding carboxylic acids is 3. The zero-order valence-electron chi connectivity index (χ0n) is 19.3. The molecule has 2 aromatic heterocycles. The van der Waals surface area contributed by atoms with Crippen LogP contribution in [0.15, 0.2) is 70.8 Å². The largest absolute Gasteiger partial charge is 0.335 e. The van der Waals surface area contributed by atoms with Crippen molar-refractivity contribution < 1.29 is 14.4 Å². The van der Waals surface area contributed by atoms with Gasteiger partial charge >= 0.3 is 6.03 Å². The maximum atomic E-state index is 13.4. The molecule has 2 aromatic carbocycles. The summed E-state index contributed by atoms with van der Waals surface area (Å²) in [5, 5.41) is 3.31. The first kappa shape index (κ1) is 22.7. The average molecular weight is 529 g/mol. The van der Waals surface area contributed by atoms with Crippen LogP contribution in [-0.4, -0.2) is 27.4 Å². The van der Waals surface area contributed by atoms with Crippen LogP contribution in [-0.2, 0) is 9.59 Å². The molecule has 1 saturated heterocycles. The summed E-state index contributed by atoms with van der Waals surface area (Å²) in [5.41, 5.74) is 5.42. The van der Waals surface area contributed by atoms with Crippen molar-refractivity contribution in [3.8, 4) is 5.69 Å². The number of aryl methyl sites for hydroxylation is 2. The smallest absolute Gasteiger partial charge is 0.318 e. The van der Waals surface area contributed by atoms with Gasteiger partial charge in [-0.3, -0.25) is 19.9 Å². The standard InChI is InChI=1S/C27H21BrN4O3/c1-15-11-20(28)6-9-24(15)32-26(34)22(25(33)30-27(32)35)14-19-12-16(2)31(17(19)3)21-7-8-23-18(13-21)5-4-10-29-23/h4-14H,1-3H3,(H,30,33,35)/b22-14+. The van der Waals surface area contributed by atoms with Crippen LogP contribution in [0.5, 0.6) is 0 Å². The fourth-order valence-electron chi connectivity index (χ4n) is 4.43. The molecule has 0 unspecified atom stereocenters. The lowest BCUT2D eigenvalue weighted by atomic mass is 10.1. The van der Waals surface area contributed by atoms with Crippen molar-refractivity contribution in [3.63, 3.8) is 0 Å². The lowest BCUT2D eigenvalue weighted by molar-refractivity contribution is -0.122. The molecule has 1 N–H and O–H groups in total. The van der Waals surface area contributed by atoms with Gasteiger partial charge in [-0.05, 0) is 86.5 Å². The number of nitrogens with zero attached hydrogens (tertiary/aromatic N) is 3. The molecule has 1 aliphatic rings. The van der Waals surface area contributed by atoms with Gasteiger partial charge in [-0.15, -0.1) is 0 Å². The number of pyridine rings is 1. The van der Waals surface area contributed by atoms with Crippen LogP contribution in [0.25, 0.3) is 22.7 Å². The zero-order valence-corrected chi connectivity index (χ0v) is 20.9. The third-order valence-electron chi connectivity index (χ3n) is 6.12. The number of halogens is 1. The third kappa shape index (κ3) is 3.95. The van der Waals surface area contributed by atoms with Crippen molar-refractivity contribution in [2.45, 2.75) is 20.8 Å². The molecule has 5 rings (SSSR count). The molecular formula is C27H21BrN4O3. The van der Waals surface area contributed by atoms with E-state index < -0.39 is 17.8 Å². The SMILES string of the molecule is Cc1cc(Br)ccc1N1C(=O)NC(=O)/C(=C\c2cc(C)n(-c3ccc4ncccc4c3)c2C)C1=O. The molecule has 4 aromatic rings. The number of benzene rings is 2. The van der Waals surface area contributed by atoms with Gasteiger partial charge in [0.15, 0.2) is 0 Å². The van der Waals surface area contributed by atoms with E-state index in [2.05, 4.69) is 36.9 Å². The molecule has 0 aliphatic carbocycles. The van der Waals surface area contributed by atoms with Crippen molar-refractivity contribution in [2.24, 2.45) is 0 Å². The molecule has 0 radical (unpaired) electrons. The number of hydrogen-bond acceptors (Lipinski definition) is 4. The van der Waals surface area contributed by atoms with Gasteiger partial charge in [0, 0.05) is 33.1 Å². The molecule has 1 fully saturated rings. The quantitative estimate of drug-likeness (QED) is 0.285. The summed E-state index contributed by atoms with van der Waals surface area (Å²) in [6.07, 6.45) is 3.31. The summed E-state index contributed by atoms with van der Waals surface area (Å²) in [4.78, 5) is 44.0. The van der Waals surface area contributed by atoms with E-state index in [0.29, 0.717) is 11.3 Å². The minimum absolute atomic E-state index is 0.102. The molecule has 174 valence electrons. The summed E-state index contributed by atoms with van der Waals surface area (Å²) in [5.74, 6) is -1.38. The number of amides is 4. The Labute approximate surface area is 210 Å². The van der Waals surface area contributed by atoms with Crippen LogP contribution in [0, 0.1) is 20.8 Å². The van der Waals surface area contributed by atoms with Gasteiger partial charge in [-0.2, -0.15) is 0 Å². The van der Waals surface area contributed by atoms with E-state index in [-0.39, 0.29) is 5.57 Å². The fraction of sp³-hybridized carbons (Fsp3) is 0.111. The first-order valence-electron chi connectivity index (χ1n) is 11.0. The first-order valence-corrected chi connectivity index (χ1v) is 11.8. The van der Waals surface area contributed by atoms with E-state index in [4.69, 9.17) is 0 Å². The molecule has 3 heterocycles. The summed E-state index contributed by atoms with van der Waals surface area (Å²) in [6, 6.07) is 16.3. The second kappa shape index (κ2) is 8.63. The monoisotopic (exact) mass is 528 g/mol. The summed E-state index contributed by atoms with van der Waals surface area (Å²) >= 11 is 3.39. The number of anilines is 1. The number of nitrogens with one attached hydrogen (secondary N) is 1. The second-order valence-electron chi connectivity index (χ2n) is 8.43. The van der Waals surface area contributed by atoms with Gasteiger partial charge in [0.05, 0.1) is 11.2 Å². The molecule has 0 saturated carbocycles. The third-order valence-corrected chi connectivity index (χ3v) is 6.61. The van der Waals surface area contributed by atoms with E-state index in [1.165, 1.54) is 0 Å². The topological polar surface area (TPSA) is 84.3 Å². The van der Waals surface area contributed by atoms with Gasteiger partial charge in [0.1, 0.15) is 5.57 Å². The van der Waals surface area contributed by atoms with Crippen LogP contribution in [0.4, 0.5) is 10.5 Å². The Bertz CT molecular complexity index is 1580. The Balaban J connectivity index is 1.57. The second-order valence-corrected chi connectivity index (χ2v) is 9.35. The molecule has 8 heteroatoms. The predicted octanol–water partition coefficient (Wildman–Crippen LogP) is 5.38. The van der Waals surface area contributed by atoms with Gasteiger partial charge in [-0.1, -0.05) is 22.0 Å². The highest BCUT2D eigenvalue weighted by atomic mass is 79.9. The average Bonchev–Trinajstić information content (AvgIpc) is 3.10. The molecule has 7 nitrogen and oxygen atoms in total. The Morgan fingerprint density at radius 3 is 2.54 bits per heavy atom. The van der Waals surface area contributed by atoms with Crippen LogP contribution in [0.3, 0.4) is 0 Å². The highest BCUT2D eigenvalue weighted by Gasteiger charge is 2.37. The number of hydrogen-bond donors (Lipinski definition) is 1. The summed E-state index contributed by atoms with van der Waals surface area (Å²) < 4.78 is 2.89. The van der Waals surface area contributed by atoms with Gasteiger partial charge in [0.25, 0.3) is 11.8 Å². The Hall–Kier alpha value is -4.04. The Kier molecular flexibility index (Phi) is 5.61. The molecule has 0 atom stereocenters. The number of fused-ring (bicyclic) bond motifs is 1. The van der Waals surface area contributed by atoms with Crippen LogP contribution in [0.2, 0.25) is 0 Å². The normalized spacial score (nSPS) is 15.3. The highest BCUT2D eigenvalue weighted by molar-refractivity contribution is 9.10. The van der Waals surface area contributed by atoms with E-state index in [1.54, 1.807) is 31.3 Å². The van der Waals surface area contributed by atoms with Crippen molar-refractivity contribution in [1.82, 2.24) is 14.9 Å². The zero-order chi connectivity index (χ0) is 24.9. The Morgan fingerprint density at radius 2 is 1.77 bits per heavy atom. The predicted molar refractivity (Wildman–Crippen MR) is 138 cm³/mol. The molecule has 0 bridgehead atoms. The van der Waals surface area contributed by atoms with Crippen molar-refractivity contribution in [3.05, 3.63) is 93.4 Å². The molecular weight excluding hydrogens is 508 g/mol. The Morgan fingerprint density at radius 1 is 0.971 bits per heavy atom. The molecule has 4 amide bonds. The number of rotatable bonds is 3. The van der Waals surface area contributed by atoms with Gasteiger partial charge in [-0.25, -0.2) is 9.69 Å². The van der Waals surface area contributed by atoms with E-state index >= 15 is 0 Å². The fourth-order valence-corrected chi connectivity index (χ4v) is 4.91. The van der Waals surface area contributed by atoms with E-state index in [0.717, 1.165) is 42.9 Å². The lowest BCUT2D eigenvalue weighted by Gasteiger charge is -2.27. The molecule has 1 aliphatic heterocycles. The minimum Gasteiger partial charge on any atom is -0.318 e. The van der Waals surface area contributed by atoms with E-state index in [1.807, 2.05) is 50.2 Å². The number of urea groups is 1. The van der Waals surface area contributed by atoms with Gasteiger partial charge in [0.2, 0.25) is 0 Å². The van der Waals surface area contributed by atoms with Crippen molar-refractivity contribution in [2.75, 3.05) is 4.90 Å². The maximum absolute atomic E-state index is 13.4. The highest BCUT2D eigenvalue weighted by Crippen LogP contribution is 2.29. The van der Waals surface area contributed by atoms with Crippen molar-refractivity contribution in [1.29, 1.82) is 0 Å². The molecule has 35 heavy (non-hydrogen) atoms. The number of imide groups is 2. The number of aromatic nitrogens is 2. The first-order chi connectivity index (χ1) is 16.7. The van der Waals surface area contributed by atoms with Crippen molar-refractivity contribution >= 4 is 56.4 Å². The summed E-state index contributed by atoms with van der Waals surface area (Å²) in [6.45, 7) is 5.69. The van der Waals surface area contributed by atoms with Gasteiger partial charge < -0.3 is 4.57 Å². The lowest BCUT2D eigenvalue weighted by Crippen LogP contribution is -2.54. The number of barbiturate groups is 1. The van der Waals surface area contributed by atoms with Crippen LogP contribution >= 0.6 is 15.9 Å². The van der Waals surface area contributed by atoms with Crippen LogP contribution < -0.4 is 10.2 Å². The van der Waals surface area contributed by atoms with Crippen LogP contribution in [0.1, 0.15) is 22.5 Å². The van der Waals surface area contributed by atoms with E-state index in [9.17, 15) is 14.4 Å². The maximum Gasteiger partial charge on any atom is 0.335 e. The molecule has 0 spiro atoms. The minimum atomic E-state index is -0.766. The summed E-state index contributed by atoms with van der Waals surface area (Å²) in [7, 11) is 0. The number of carbonyl (C=O) groups is 3.